The predicted molar refractivity (Wildman–Crippen MR) is 76.2 cm³/mol. The van der Waals surface area contributed by atoms with Crippen molar-refractivity contribution < 1.29 is 21.2 Å². The van der Waals surface area contributed by atoms with E-state index in [1.54, 1.807) is 0 Å². The Labute approximate surface area is 124 Å². The molecule has 118 valence electrons. The lowest BCUT2D eigenvalue weighted by Crippen LogP contribution is -2.39. The second-order valence-corrected chi connectivity index (χ2v) is 8.66. The van der Waals surface area contributed by atoms with E-state index in [-0.39, 0.29) is 24.0 Å². The molecular weight excluding hydrogens is 319 g/mol. The van der Waals surface area contributed by atoms with Crippen molar-refractivity contribution in [1.82, 2.24) is 9.03 Å². The van der Waals surface area contributed by atoms with Gasteiger partial charge in [-0.1, -0.05) is 0 Å². The van der Waals surface area contributed by atoms with Gasteiger partial charge in [-0.15, -0.1) is 0 Å². The molecule has 1 saturated carbocycles. The average molecular weight is 336 g/mol. The van der Waals surface area contributed by atoms with Crippen LogP contribution >= 0.6 is 0 Å². The fourth-order valence-corrected chi connectivity index (χ4v) is 4.17. The number of hydrogen-bond donors (Lipinski definition) is 1. The van der Waals surface area contributed by atoms with E-state index in [0.717, 1.165) is 43.4 Å². The number of sulfonamides is 2. The van der Waals surface area contributed by atoms with E-state index in [1.807, 2.05) is 0 Å². The van der Waals surface area contributed by atoms with E-state index in [1.165, 1.54) is 4.31 Å². The molecule has 0 unspecified atom stereocenters. The molecular formula is C12H17FN2O4S2. The Morgan fingerprint density at radius 2 is 1.76 bits per heavy atom. The van der Waals surface area contributed by atoms with Crippen LogP contribution in [0.5, 0.6) is 0 Å². The lowest BCUT2D eigenvalue weighted by atomic mass is 10.4. The van der Waals surface area contributed by atoms with Gasteiger partial charge in [0, 0.05) is 19.1 Å². The molecule has 2 rings (SSSR count). The molecule has 0 atom stereocenters. The Kier molecular flexibility index (Phi) is 4.66. The van der Waals surface area contributed by atoms with Crippen LogP contribution in [0.2, 0.25) is 0 Å². The normalized spacial score (nSPS) is 16.3. The van der Waals surface area contributed by atoms with Crippen LogP contribution in [0.15, 0.2) is 29.2 Å². The van der Waals surface area contributed by atoms with E-state index in [9.17, 15) is 21.2 Å². The van der Waals surface area contributed by atoms with Crippen LogP contribution in [-0.2, 0) is 20.0 Å². The van der Waals surface area contributed by atoms with Crippen molar-refractivity contribution in [1.29, 1.82) is 0 Å². The van der Waals surface area contributed by atoms with Crippen molar-refractivity contribution >= 4 is 20.0 Å². The van der Waals surface area contributed by atoms with E-state index in [2.05, 4.69) is 4.72 Å². The SMILES string of the molecule is CS(=O)(=O)N(CCNS(=O)(=O)c1ccc(F)cc1)C1CC1. The minimum absolute atomic E-state index is 0.0182. The molecule has 1 aromatic carbocycles. The minimum atomic E-state index is -3.76. The van der Waals surface area contributed by atoms with Crippen molar-refractivity contribution in [2.75, 3.05) is 19.3 Å². The predicted octanol–water partition coefficient (Wildman–Crippen LogP) is 0.528. The van der Waals surface area contributed by atoms with Crippen LogP contribution in [-0.4, -0.2) is 46.5 Å². The second kappa shape index (κ2) is 5.99. The first-order valence-corrected chi connectivity index (χ1v) is 9.75. The minimum Gasteiger partial charge on any atom is -0.212 e. The second-order valence-electron chi connectivity index (χ2n) is 4.96. The van der Waals surface area contributed by atoms with Gasteiger partial charge in [0.25, 0.3) is 0 Å². The molecule has 0 aromatic heterocycles. The Morgan fingerprint density at radius 3 is 2.24 bits per heavy atom. The molecule has 1 aliphatic rings. The summed E-state index contributed by atoms with van der Waals surface area (Å²) in [5.41, 5.74) is 0. The summed E-state index contributed by atoms with van der Waals surface area (Å²) in [6.07, 6.45) is 2.72. The van der Waals surface area contributed by atoms with Crippen LogP contribution in [0.1, 0.15) is 12.8 Å². The maximum atomic E-state index is 12.8. The first kappa shape index (κ1) is 16.3. The molecule has 0 spiro atoms. The highest BCUT2D eigenvalue weighted by atomic mass is 32.2. The van der Waals surface area contributed by atoms with Crippen LogP contribution < -0.4 is 4.72 Å². The highest BCUT2D eigenvalue weighted by Gasteiger charge is 2.34. The monoisotopic (exact) mass is 336 g/mol. The van der Waals surface area contributed by atoms with Gasteiger partial charge >= 0.3 is 0 Å². The number of nitrogens with zero attached hydrogens (tertiary/aromatic N) is 1. The molecule has 0 aliphatic heterocycles. The summed E-state index contributed by atoms with van der Waals surface area (Å²) in [5.74, 6) is -0.522. The Balaban J connectivity index is 1.97. The molecule has 1 aromatic rings. The van der Waals surface area contributed by atoms with E-state index < -0.39 is 25.9 Å². The van der Waals surface area contributed by atoms with Gasteiger partial charge in [0.05, 0.1) is 11.2 Å². The lowest BCUT2D eigenvalue weighted by molar-refractivity contribution is 0.410. The lowest BCUT2D eigenvalue weighted by Gasteiger charge is -2.19. The van der Waals surface area contributed by atoms with Gasteiger partial charge in [0.2, 0.25) is 20.0 Å². The molecule has 6 nitrogen and oxygen atoms in total. The Morgan fingerprint density at radius 1 is 1.19 bits per heavy atom. The van der Waals surface area contributed by atoms with E-state index in [0.29, 0.717) is 0 Å². The zero-order chi connectivity index (χ0) is 15.7. The van der Waals surface area contributed by atoms with Crippen LogP contribution in [0.3, 0.4) is 0 Å². The maximum Gasteiger partial charge on any atom is 0.240 e. The summed E-state index contributed by atoms with van der Waals surface area (Å²) in [6.45, 7) is 0.0627. The third-order valence-electron chi connectivity index (χ3n) is 3.13. The van der Waals surface area contributed by atoms with E-state index in [4.69, 9.17) is 0 Å². The summed E-state index contributed by atoms with van der Waals surface area (Å²) < 4.78 is 63.5. The molecule has 0 amide bonds. The number of benzene rings is 1. The Hall–Kier alpha value is -1.03. The Bertz CT molecular complexity index is 697. The molecule has 0 heterocycles. The molecule has 21 heavy (non-hydrogen) atoms. The summed E-state index contributed by atoms with van der Waals surface area (Å²) in [5, 5.41) is 0. The first-order chi connectivity index (χ1) is 9.70. The van der Waals surface area contributed by atoms with Gasteiger partial charge in [-0.25, -0.2) is 25.9 Å². The molecule has 1 fully saturated rings. The molecule has 0 saturated heterocycles. The van der Waals surface area contributed by atoms with E-state index >= 15 is 0 Å². The summed E-state index contributed by atoms with van der Waals surface area (Å²) >= 11 is 0. The maximum absolute atomic E-state index is 12.8. The van der Waals surface area contributed by atoms with Gasteiger partial charge in [0.1, 0.15) is 5.82 Å². The third-order valence-corrected chi connectivity index (χ3v) is 5.94. The van der Waals surface area contributed by atoms with Gasteiger partial charge < -0.3 is 0 Å². The standard InChI is InChI=1S/C12H17FN2O4S2/c1-20(16,17)15(11-4-5-11)9-8-14-21(18,19)12-6-2-10(13)3-7-12/h2-3,6-7,11,14H,4-5,8-9H2,1H3. The highest BCUT2D eigenvalue weighted by molar-refractivity contribution is 7.89. The van der Waals surface area contributed by atoms with Crippen molar-refractivity contribution in [3.05, 3.63) is 30.1 Å². The number of rotatable bonds is 7. The van der Waals surface area contributed by atoms with Crippen LogP contribution in [0.4, 0.5) is 4.39 Å². The van der Waals surface area contributed by atoms with Crippen molar-refractivity contribution in [2.45, 2.75) is 23.8 Å². The van der Waals surface area contributed by atoms with Gasteiger partial charge in [0.15, 0.2) is 0 Å². The largest absolute Gasteiger partial charge is 0.240 e. The third kappa shape index (κ3) is 4.47. The zero-order valence-corrected chi connectivity index (χ0v) is 13.1. The molecule has 1 N–H and O–H groups in total. The molecule has 0 radical (unpaired) electrons. The molecule has 9 heteroatoms. The average Bonchev–Trinajstić information content (AvgIpc) is 3.18. The quantitative estimate of drug-likeness (QED) is 0.787. The zero-order valence-electron chi connectivity index (χ0n) is 11.5. The highest BCUT2D eigenvalue weighted by Crippen LogP contribution is 2.28. The topological polar surface area (TPSA) is 83.6 Å². The number of halogens is 1. The summed E-state index contributed by atoms with van der Waals surface area (Å²) in [6, 6.07) is 4.42. The molecule has 1 aliphatic carbocycles. The van der Waals surface area contributed by atoms with Crippen LogP contribution in [0, 0.1) is 5.82 Å². The van der Waals surface area contributed by atoms with Gasteiger partial charge in [-0.2, -0.15) is 4.31 Å². The summed E-state index contributed by atoms with van der Waals surface area (Å²) in [7, 11) is -7.10. The van der Waals surface area contributed by atoms with Crippen molar-refractivity contribution in [2.24, 2.45) is 0 Å². The molecule has 0 bridgehead atoms. The van der Waals surface area contributed by atoms with Crippen molar-refractivity contribution in [3.8, 4) is 0 Å². The van der Waals surface area contributed by atoms with Crippen molar-refractivity contribution in [3.63, 3.8) is 0 Å². The number of hydrogen-bond acceptors (Lipinski definition) is 4. The smallest absolute Gasteiger partial charge is 0.212 e. The first-order valence-electron chi connectivity index (χ1n) is 6.42. The fourth-order valence-electron chi connectivity index (χ4n) is 1.97. The van der Waals surface area contributed by atoms with Gasteiger partial charge in [-0.05, 0) is 37.1 Å². The summed E-state index contributed by atoms with van der Waals surface area (Å²) in [4.78, 5) is -0.0544. The number of nitrogens with one attached hydrogen (secondary N) is 1. The fraction of sp³-hybridized carbons (Fsp3) is 0.500. The van der Waals surface area contributed by atoms with Gasteiger partial charge in [-0.3, -0.25) is 0 Å². The van der Waals surface area contributed by atoms with Crippen LogP contribution in [0.25, 0.3) is 0 Å².